The molecule has 0 N–H and O–H groups in total. The number of rotatable bonds is 0. The molecule has 2 aliphatic heterocycles. The van der Waals surface area contributed by atoms with Crippen LogP contribution >= 0.6 is 0 Å². The summed E-state index contributed by atoms with van der Waals surface area (Å²) in [7, 11) is 0. The molecule has 0 aromatic rings. The molecule has 2 aliphatic rings. The van der Waals surface area contributed by atoms with Crippen LogP contribution in [-0.4, -0.2) is 10.8 Å². The number of fused-ring (bicyclic) bond motifs is 1. The third kappa shape index (κ3) is 0.386. The highest BCUT2D eigenvalue weighted by atomic mass is 15.0. The number of allylic oxidation sites excluding steroid dienone is 3. The summed E-state index contributed by atoms with van der Waals surface area (Å²) in [4.78, 5) is 0. The van der Waals surface area contributed by atoms with Gasteiger partial charge in [0.05, 0.1) is 0 Å². The average molecular weight is 106 g/mol. The van der Waals surface area contributed by atoms with Gasteiger partial charge in [0.15, 0.2) is 18.1 Å². The molecule has 0 unspecified atom stereocenters. The fourth-order valence-electron chi connectivity index (χ4n) is 1.17. The van der Waals surface area contributed by atoms with Crippen molar-refractivity contribution in [1.82, 2.24) is 0 Å². The highest BCUT2D eigenvalue weighted by Crippen LogP contribution is 2.16. The molecule has 40 valence electrons. The minimum atomic E-state index is 1.22. The highest BCUT2D eigenvalue weighted by molar-refractivity contribution is 5.56. The Bertz CT molecular complexity index is 196. The van der Waals surface area contributed by atoms with E-state index >= 15 is 0 Å². The Hall–Kier alpha value is -0.850. The van der Waals surface area contributed by atoms with Crippen molar-refractivity contribution in [2.24, 2.45) is 0 Å². The van der Waals surface area contributed by atoms with Crippen LogP contribution < -0.4 is 0 Å². The van der Waals surface area contributed by atoms with Crippen molar-refractivity contribution in [3.63, 3.8) is 0 Å². The lowest BCUT2D eigenvalue weighted by Gasteiger charge is -1.80. The molecule has 0 aromatic carbocycles. The summed E-state index contributed by atoms with van der Waals surface area (Å²) >= 11 is 0. The van der Waals surface area contributed by atoms with Gasteiger partial charge in [0.1, 0.15) is 0 Å². The number of nitrogens with zero attached hydrogens (tertiary/aromatic N) is 1. The van der Waals surface area contributed by atoms with Gasteiger partial charge in [0, 0.05) is 25.0 Å². The van der Waals surface area contributed by atoms with Crippen molar-refractivity contribution in [3.05, 3.63) is 24.0 Å². The molecule has 0 aromatic heterocycles. The minimum Gasteiger partial charge on any atom is -0.175 e. The fourth-order valence-corrected chi connectivity index (χ4v) is 1.17. The molecule has 2 heterocycles. The molecule has 0 fully saturated rings. The van der Waals surface area contributed by atoms with E-state index in [1.54, 1.807) is 0 Å². The van der Waals surface area contributed by atoms with Crippen LogP contribution in [0.4, 0.5) is 0 Å². The first kappa shape index (κ1) is 4.07. The summed E-state index contributed by atoms with van der Waals surface area (Å²) in [6, 6.07) is 0. The van der Waals surface area contributed by atoms with Crippen LogP contribution in [0, 0.1) is 0 Å². The van der Waals surface area contributed by atoms with Crippen molar-refractivity contribution in [1.29, 1.82) is 0 Å². The van der Waals surface area contributed by atoms with Crippen LogP contribution in [0.15, 0.2) is 24.0 Å². The molecule has 2 rings (SSSR count). The predicted octanol–water partition coefficient (Wildman–Crippen LogP) is 1.27. The molecule has 0 bridgehead atoms. The van der Waals surface area contributed by atoms with Crippen molar-refractivity contribution >= 4 is 6.21 Å². The SMILES string of the molecule is C1=C[N+]2=CCCC2=C1. The quantitative estimate of drug-likeness (QED) is 0.409. The molecule has 1 nitrogen and oxygen atoms in total. The number of hydrogen-bond acceptors (Lipinski definition) is 0. The second-order valence-corrected chi connectivity index (χ2v) is 2.13. The zero-order chi connectivity index (χ0) is 5.40. The summed E-state index contributed by atoms with van der Waals surface area (Å²) in [5.74, 6) is 0. The van der Waals surface area contributed by atoms with E-state index in [2.05, 4.69) is 29.1 Å². The summed E-state index contributed by atoms with van der Waals surface area (Å²) in [5, 5.41) is 0. The second-order valence-electron chi connectivity index (χ2n) is 2.13. The third-order valence-electron chi connectivity index (χ3n) is 1.59. The van der Waals surface area contributed by atoms with E-state index in [0.29, 0.717) is 0 Å². The predicted molar refractivity (Wildman–Crippen MR) is 32.8 cm³/mol. The van der Waals surface area contributed by atoms with Crippen molar-refractivity contribution in [2.75, 3.05) is 0 Å². The first-order valence-corrected chi connectivity index (χ1v) is 2.96. The van der Waals surface area contributed by atoms with E-state index in [9.17, 15) is 0 Å². The Kier molecular flexibility index (Phi) is 0.668. The minimum absolute atomic E-state index is 1.22. The average Bonchev–Trinajstić information content (AvgIpc) is 2.15. The maximum absolute atomic E-state index is 2.22. The molecule has 0 spiro atoms. The standard InChI is InChI=1S/C7H8N/c1-3-7-4-2-6-8(7)5-1/h1,3,5-6H,2,4H2/q+1. The molecule has 0 saturated carbocycles. The summed E-state index contributed by atoms with van der Waals surface area (Å²) in [5.41, 5.74) is 1.45. The summed E-state index contributed by atoms with van der Waals surface area (Å²) in [6.45, 7) is 0. The van der Waals surface area contributed by atoms with Gasteiger partial charge < -0.3 is 0 Å². The van der Waals surface area contributed by atoms with Crippen molar-refractivity contribution in [2.45, 2.75) is 12.8 Å². The van der Waals surface area contributed by atoms with E-state index in [1.807, 2.05) is 0 Å². The van der Waals surface area contributed by atoms with Crippen molar-refractivity contribution in [3.8, 4) is 0 Å². The van der Waals surface area contributed by atoms with Crippen LogP contribution in [0.3, 0.4) is 0 Å². The van der Waals surface area contributed by atoms with E-state index < -0.39 is 0 Å². The molecular weight excluding hydrogens is 98.1 g/mol. The van der Waals surface area contributed by atoms with Gasteiger partial charge in [-0.1, -0.05) is 0 Å². The maximum Gasteiger partial charge on any atom is 0.187 e. The van der Waals surface area contributed by atoms with Gasteiger partial charge in [-0.2, -0.15) is 4.58 Å². The lowest BCUT2D eigenvalue weighted by atomic mass is 10.3. The Labute approximate surface area is 48.6 Å². The first-order valence-electron chi connectivity index (χ1n) is 2.96. The van der Waals surface area contributed by atoms with Crippen molar-refractivity contribution < 1.29 is 4.58 Å². The molecule has 0 atom stereocenters. The molecule has 0 amide bonds. The maximum atomic E-state index is 2.22. The second kappa shape index (κ2) is 1.31. The zero-order valence-corrected chi connectivity index (χ0v) is 4.67. The van der Waals surface area contributed by atoms with E-state index in [4.69, 9.17) is 0 Å². The largest absolute Gasteiger partial charge is 0.187 e. The molecule has 8 heavy (non-hydrogen) atoms. The van der Waals surface area contributed by atoms with Crippen LogP contribution in [-0.2, 0) is 0 Å². The van der Waals surface area contributed by atoms with Gasteiger partial charge in [0.25, 0.3) is 0 Å². The van der Waals surface area contributed by atoms with E-state index in [0.717, 1.165) is 0 Å². The van der Waals surface area contributed by atoms with Gasteiger partial charge in [0.2, 0.25) is 0 Å². The lowest BCUT2D eigenvalue weighted by Crippen LogP contribution is -1.90. The van der Waals surface area contributed by atoms with Crippen LogP contribution in [0.1, 0.15) is 12.8 Å². The smallest absolute Gasteiger partial charge is 0.175 e. The van der Waals surface area contributed by atoms with Crippen LogP contribution in [0.25, 0.3) is 0 Å². The molecular formula is C7H8N+. The van der Waals surface area contributed by atoms with Crippen LogP contribution in [0.2, 0.25) is 0 Å². The normalized spacial score (nSPS) is 23.0. The van der Waals surface area contributed by atoms with E-state index in [1.165, 1.54) is 18.5 Å². The first-order chi connectivity index (χ1) is 3.97. The zero-order valence-electron chi connectivity index (χ0n) is 4.67. The number of hydrogen-bond donors (Lipinski definition) is 0. The van der Waals surface area contributed by atoms with Gasteiger partial charge in [-0.25, -0.2) is 0 Å². The summed E-state index contributed by atoms with van der Waals surface area (Å²) < 4.78 is 2.19. The third-order valence-corrected chi connectivity index (χ3v) is 1.59. The Balaban J connectivity index is 2.49. The van der Waals surface area contributed by atoms with Gasteiger partial charge >= 0.3 is 0 Å². The fraction of sp³-hybridized carbons (Fsp3) is 0.286. The topological polar surface area (TPSA) is 3.01 Å². The van der Waals surface area contributed by atoms with Gasteiger partial charge in [-0.15, -0.1) is 0 Å². The summed E-state index contributed by atoms with van der Waals surface area (Å²) in [6.07, 6.45) is 11.0. The Morgan fingerprint density at radius 2 is 2.50 bits per heavy atom. The Morgan fingerprint density at radius 1 is 1.50 bits per heavy atom. The Morgan fingerprint density at radius 3 is 3.38 bits per heavy atom. The van der Waals surface area contributed by atoms with Gasteiger partial charge in [-0.05, 0) is 0 Å². The monoisotopic (exact) mass is 106 g/mol. The van der Waals surface area contributed by atoms with Crippen LogP contribution in [0.5, 0.6) is 0 Å². The van der Waals surface area contributed by atoms with Gasteiger partial charge in [-0.3, -0.25) is 0 Å². The molecule has 0 saturated heterocycles. The molecule has 0 aliphatic carbocycles. The van der Waals surface area contributed by atoms with E-state index in [-0.39, 0.29) is 0 Å². The molecule has 0 radical (unpaired) electrons. The lowest BCUT2D eigenvalue weighted by molar-refractivity contribution is -0.385. The highest BCUT2D eigenvalue weighted by Gasteiger charge is 2.18. The molecule has 1 heteroatoms.